The molecule has 144 valence electrons. The molecule has 8 heteroatoms. The van der Waals surface area contributed by atoms with Gasteiger partial charge in [-0.15, -0.1) is 0 Å². The minimum absolute atomic E-state index is 0.128. The van der Waals surface area contributed by atoms with E-state index in [0.717, 1.165) is 0 Å². The molecule has 0 spiro atoms. The van der Waals surface area contributed by atoms with Gasteiger partial charge >= 0.3 is 0 Å². The van der Waals surface area contributed by atoms with Crippen LogP contribution in [0.1, 0.15) is 10.4 Å². The van der Waals surface area contributed by atoms with E-state index >= 15 is 0 Å². The van der Waals surface area contributed by atoms with Crippen LogP contribution in [0, 0.1) is 5.82 Å². The maximum atomic E-state index is 13.4. The molecular formula is C21H13ClFN3O2S. The first kappa shape index (κ1) is 19.0. The SMILES string of the molecule is O=C(NC(=S)Nc1ccc2oc(-c3cccc(F)c3)nc2c1)c1cccc(Cl)c1. The topological polar surface area (TPSA) is 67.2 Å². The fraction of sp³-hybridized carbons (Fsp3) is 0. The maximum Gasteiger partial charge on any atom is 0.257 e. The molecule has 2 N–H and O–H groups in total. The van der Waals surface area contributed by atoms with Crippen LogP contribution < -0.4 is 10.6 Å². The van der Waals surface area contributed by atoms with Crippen LogP contribution in [0.2, 0.25) is 5.02 Å². The van der Waals surface area contributed by atoms with Gasteiger partial charge in [0.1, 0.15) is 11.3 Å². The normalized spacial score (nSPS) is 10.7. The zero-order valence-electron chi connectivity index (χ0n) is 14.8. The van der Waals surface area contributed by atoms with E-state index in [1.807, 2.05) is 0 Å². The third-order valence-corrected chi connectivity index (χ3v) is 4.47. The van der Waals surface area contributed by atoms with Crippen LogP contribution >= 0.6 is 23.8 Å². The summed E-state index contributed by atoms with van der Waals surface area (Å²) in [5.74, 6) is -0.428. The highest BCUT2D eigenvalue weighted by Crippen LogP contribution is 2.26. The average molecular weight is 426 g/mol. The number of carbonyl (C=O) groups excluding carboxylic acids is 1. The summed E-state index contributed by atoms with van der Waals surface area (Å²) in [7, 11) is 0. The minimum atomic E-state index is -0.374. The Bertz CT molecular complexity index is 1240. The molecule has 0 aliphatic rings. The second-order valence-corrected chi connectivity index (χ2v) is 6.98. The van der Waals surface area contributed by atoms with Gasteiger partial charge in [-0.2, -0.15) is 0 Å². The van der Waals surface area contributed by atoms with Gasteiger partial charge in [0.15, 0.2) is 10.7 Å². The van der Waals surface area contributed by atoms with Crippen molar-refractivity contribution < 1.29 is 13.6 Å². The predicted octanol–water partition coefficient (Wildman–Crippen LogP) is 5.41. The molecule has 0 saturated carbocycles. The molecule has 0 unspecified atom stereocenters. The summed E-state index contributed by atoms with van der Waals surface area (Å²) in [6.45, 7) is 0. The summed E-state index contributed by atoms with van der Waals surface area (Å²) >= 11 is 11.1. The number of aromatic nitrogens is 1. The first-order valence-electron chi connectivity index (χ1n) is 8.52. The molecule has 0 aliphatic carbocycles. The molecule has 0 bridgehead atoms. The molecule has 1 amide bonds. The number of hydrogen-bond acceptors (Lipinski definition) is 4. The van der Waals surface area contributed by atoms with Crippen LogP contribution in [0.15, 0.2) is 71.1 Å². The number of nitrogens with zero attached hydrogens (tertiary/aromatic N) is 1. The molecule has 0 atom stereocenters. The van der Waals surface area contributed by atoms with Crippen LogP contribution in [-0.4, -0.2) is 16.0 Å². The van der Waals surface area contributed by atoms with Gasteiger partial charge in [0, 0.05) is 21.8 Å². The quantitative estimate of drug-likeness (QED) is 0.429. The predicted molar refractivity (Wildman–Crippen MR) is 115 cm³/mol. The number of hydrogen-bond donors (Lipinski definition) is 2. The molecule has 29 heavy (non-hydrogen) atoms. The van der Waals surface area contributed by atoms with Crippen molar-refractivity contribution in [2.75, 3.05) is 5.32 Å². The number of anilines is 1. The van der Waals surface area contributed by atoms with E-state index in [-0.39, 0.29) is 16.8 Å². The van der Waals surface area contributed by atoms with Gasteiger partial charge in [-0.05, 0) is 66.8 Å². The minimum Gasteiger partial charge on any atom is -0.436 e. The van der Waals surface area contributed by atoms with Crippen molar-refractivity contribution in [2.45, 2.75) is 0 Å². The van der Waals surface area contributed by atoms with E-state index in [0.29, 0.717) is 38.8 Å². The smallest absolute Gasteiger partial charge is 0.257 e. The van der Waals surface area contributed by atoms with Gasteiger partial charge in [-0.1, -0.05) is 23.7 Å². The van der Waals surface area contributed by atoms with E-state index in [4.69, 9.17) is 28.2 Å². The van der Waals surface area contributed by atoms with Crippen molar-refractivity contribution in [1.29, 1.82) is 0 Å². The van der Waals surface area contributed by atoms with E-state index in [1.165, 1.54) is 12.1 Å². The van der Waals surface area contributed by atoms with Crippen LogP contribution in [0.3, 0.4) is 0 Å². The third-order valence-electron chi connectivity index (χ3n) is 4.03. The summed E-state index contributed by atoms with van der Waals surface area (Å²) in [4.78, 5) is 16.6. The number of amides is 1. The average Bonchev–Trinajstić information content (AvgIpc) is 3.11. The van der Waals surface area contributed by atoms with Crippen molar-refractivity contribution in [3.63, 3.8) is 0 Å². The first-order chi connectivity index (χ1) is 14.0. The van der Waals surface area contributed by atoms with Crippen LogP contribution in [0.4, 0.5) is 10.1 Å². The lowest BCUT2D eigenvalue weighted by molar-refractivity contribution is 0.0977. The van der Waals surface area contributed by atoms with Gasteiger partial charge in [0.05, 0.1) is 0 Å². The Hall–Kier alpha value is -3.29. The molecule has 1 heterocycles. The largest absolute Gasteiger partial charge is 0.436 e. The highest BCUT2D eigenvalue weighted by Gasteiger charge is 2.11. The maximum absolute atomic E-state index is 13.4. The van der Waals surface area contributed by atoms with E-state index in [1.54, 1.807) is 54.6 Å². The highest BCUT2D eigenvalue weighted by atomic mass is 35.5. The number of halogens is 2. The van der Waals surface area contributed by atoms with Crippen LogP contribution in [0.25, 0.3) is 22.6 Å². The Morgan fingerprint density at radius 2 is 1.90 bits per heavy atom. The number of carbonyl (C=O) groups is 1. The van der Waals surface area contributed by atoms with Crippen molar-refractivity contribution >= 4 is 51.6 Å². The summed E-state index contributed by atoms with van der Waals surface area (Å²) in [6.07, 6.45) is 0. The number of rotatable bonds is 3. The summed E-state index contributed by atoms with van der Waals surface area (Å²) in [6, 6.07) is 17.7. The number of fused-ring (bicyclic) bond motifs is 1. The summed E-state index contributed by atoms with van der Waals surface area (Å²) in [5, 5.41) is 6.12. The molecule has 0 radical (unpaired) electrons. The standard InChI is InChI=1S/C21H13ClFN3O2S/c22-14-5-1-3-12(9-14)19(27)26-21(29)24-16-7-8-18-17(11-16)25-20(28-18)13-4-2-6-15(23)10-13/h1-11H,(H2,24,26,27,29). The molecule has 1 aromatic heterocycles. The molecule has 0 saturated heterocycles. The van der Waals surface area contributed by atoms with Crippen molar-refractivity contribution in [3.05, 3.63) is 83.1 Å². The zero-order chi connectivity index (χ0) is 20.4. The Kier molecular flexibility index (Phi) is 5.24. The Morgan fingerprint density at radius 3 is 2.69 bits per heavy atom. The third kappa shape index (κ3) is 4.42. The second-order valence-electron chi connectivity index (χ2n) is 6.13. The van der Waals surface area contributed by atoms with Crippen molar-refractivity contribution in [2.24, 2.45) is 0 Å². The van der Waals surface area contributed by atoms with Gasteiger partial charge < -0.3 is 9.73 Å². The van der Waals surface area contributed by atoms with Gasteiger partial charge in [0.2, 0.25) is 5.89 Å². The fourth-order valence-electron chi connectivity index (χ4n) is 2.72. The lowest BCUT2D eigenvalue weighted by atomic mass is 10.2. The van der Waals surface area contributed by atoms with Crippen LogP contribution in [0.5, 0.6) is 0 Å². The monoisotopic (exact) mass is 425 g/mol. The molecular weight excluding hydrogens is 413 g/mol. The summed E-state index contributed by atoms with van der Waals surface area (Å²) < 4.78 is 19.1. The van der Waals surface area contributed by atoms with Crippen molar-refractivity contribution in [3.8, 4) is 11.5 Å². The second kappa shape index (κ2) is 7.98. The molecule has 4 aromatic rings. The summed E-state index contributed by atoms with van der Waals surface area (Å²) in [5.41, 5.74) is 2.67. The Morgan fingerprint density at radius 1 is 1.07 bits per heavy atom. The van der Waals surface area contributed by atoms with E-state index in [2.05, 4.69) is 15.6 Å². The van der Waals surface area contributed by atoms with Crippen LogP contribution in [-0.2, 0) is 0 Å². The van der Waals surface area contributed by atoms with Gasteiger partial charge in [0.25, 0.3) is 5.91 Å². The van der Waals surface area contributed by atoms with Gasteiger partial charge in [-0.3, -0.25) is 10.1 Å². The Balaban J connectivity index is 1.49. The number of nitrogens with one attached hydrogen (secondary N) is 2. The Labute approximate surface area is 175 Å². The van der Waals surface area contributed by atoms with Gasteiger partial charge in [-0.25, -0.2) is 9.37 Å². The zero-order valence-corrected chi connectivity index (χ0v) is 16.4. The lowest BCUT2D eigenvalue weighted by Crippen LogP contribution is -2.34. The molecule has 3 aromatic carbocycles. The number of oxazole rings is 1. The van der Waals surface area contributed by atoms with Crippen molar-refractivity contribution in [1.82, 2.24) is 10.3 Å². The lowest BCUT2D eigenvalue weighted by Gasteiger charge is -2.09. The highest BCUT2D eigenvalue weighted by molar-refractivity contribution is 7.80. The molecule has 4 rings (SSSR count). The van der Waals surface area contributed by atoms with E-state index in [9.17, 15) is 9.18 Å². The molecule has 0 fully saturated rings. The molecule has 5 nitrogen and oxygen atoms in total. The number of benzene rings is 3. The molecule has 0 aliphatic heterocycles. The van der Waals surface area contributed by atoms with E-state index < -0.39 is 0 Å². The first-order valence-corrected chi connectivity index (χ1v) is 9.31. The fourth-order valence-corrected chi connectivity index (χ4v) is 3.12. The number of thiocarbonyl (C=S) groups is 1.